The smallest absolute Gasteiger partial charge is 0.323 e. The minimum absolute atomic E-state index is 0.0157. The molecule has 1 unspecified atom stereocenters. The van der Waals surface area contributed by atoms with Gasteiger partial charge in [0.1, 0.15) is 91.1 Å². The number of carbonyl (C=O) groups excluding carboxylic acids is 6. The van der Waals surface area contributed by atoms with Crippen LogP contribution in [0.2, 0.25) is 0 Å². The molecule has 0 aliphatic carbocycles. The molecule has 12 atom stereocenters. The van der Waals surface area contributed by atoms with Crippen LogP contribution in [0.15, 0.2) is 91.5 Å². The van der Waals surface area contributed by atoms with E-state index in [-0.39, 0.29) is 64.7 Å². The summed E-state index contributed by atoms with van der Waals surface area (Å²) in [6.07, 6.45) is -7.41. The normalized spacial score (nSPS) is 23.3. The van der Waals surface area contributed by atoms with Gasteiger partial charge in [-0.05, 0) is 79.0 Å². The third-order valence-corrected chi connectivity index (χ3v) is 15.5. The Balaban J connectivity index is 0.928. The number of nitrogens with one attached hydrogen (secondary N) is 2. The number of nitrogens with zero attached hydrogens (tertiary/aromatic N) is 8. The van der Waals surface area contributed by atoms with Crippen LogP contribution in [0.1, 0.15) is 83.5 Å². The maximum absolute atomic E-state index is 14.0. The number of rotatable bonds is 23. The van der Waals surface area contributed by atoms with Crippen molar-refractivity contribution < 1.29 is 72.5 Å². The van der Waals surface area contributed by atoms with Gasteiger partial charge in [0.05, 0.1) is 24.2 Å². The van der Waals surface area contributed by atoms with E-state index in [1.54, 1.807) is 83.1 Å². The van der Waals surface area contributed by atoms with Gasteiger partial charge in [-0.3, -0.25) is 28.8 Å². The summed E-state index contributed by atoms with van der Waals surface area (Å²) in [5.74, 6) is -6.08. The van der Waals surface area contributed by atoms with Crippen molar-refractivity contribution in [1.29, 1.82) is 10.5 Å². The van der Waals surface area contributed by atoms with Crippen molar-refractivity contribution in [3.63, 3.8) is 0 Å². The maximum atomic E-state index is 14.0. The van der Waals surface area contributed by atoms with Crippen LogP contribution in [0.25, 0.3) is 11.0 Å². The maximum Gasteiger partial charge on any atom is 0.323 e. The van der Waals surface area contributed by atoms with E-state index in [0.29, 0.717) is 17.5 Å². The Bertz CT molecular complexity index is 3610. The van der Waals surface area contributed by atoms with E-state index in [0.717, 1.165) is 18.2 Å². The third kappa shape index (κ3) is 13.6. The number of fused-ring (bicyclic) bond motifs is 2. The molecule has 0 radical (unpaired) electrons. The van der Waals surface area contributed by atoms with Gasteiger partial charge >= 0.3 is 23.9 Å². The molecule has 460 valence electrons. The van der Waals surface area contributed by atoms with Crippen LogP contribution >= 0.6 is 0 Å². The molecule has 2 aliphatic rings. The molecule has 9 N–H and O–H groups in total. The Kier molecular flexibility index (Phi) is 19.5. The Morgan fingerprint density at radius 3 is 1.57 bits per heavy atom. The second-order valence-electron chi connectivity index (χ2n) is 23.0. The van der Waals surface area contributed by atoms with E-state index in [4.69, 9.17) is 39.9 Å². The number of aromatic nitrogens is 6. The van der Waals surface area contributed by atoms with Crippen molar-refractivity contribution in [1.82, 2.24) is 29.2 Å². The number of nitrogens with two attached hydrogens (primary N) is 2. The molecule has 2 aliphatic heterocycles. The molecule has 0 saturated carbocycles. The summed E-state index contributed by atoms with van der Waals surface area (Å²) in [7, 11) is 0. The number of aliphatic hydroxyl groups excluding tert-OH is 2. The number of hydrogen-bond donors (Lipinski definition) is 7. The highest BCUT2D eigenvalue weighted by Crippen LogP contribution is 2.44. The van der Waals surface area contributed by atoms with Gasteiger partial charge in [0, 0.05) is 5.92 Å². The van der Waals surface area contributed by atoms with E-state index in [1.165, 1.54) is 47.1 Å². The summed E-state index contributed by atoms with van der Waals surface area (Å²) >= 11 is 0. The predicted molar refractivity (Wildman–Crippen MR) is 306 cm³/mol. The molecule has 87 heavy (non-hydrogen) atoms. The number of carbonyl (C=O) groups is 6. The Morgan fingerprint density at radius 1 is 0.667 bits per heavy atom. The van der Waals surface area contributed by atoms with Gasteiger partial charge < -0.3 is 65.8 Å². The predicted octanol–water partition coefficient (Wildman–Crippen LogP) is 2.25. The van der Waals surface area contributed by atoms with E-state index in [9.17, 15) is 54.6 Å². The number of nitriles is 2. The first-order valence-electron chi connectivity index (χ1n) is 28.1. The number of hydrogen-bond acceptors (Lipinski definition) is 23. The molecule has 27 heteroatoms. The first kappa shape index (κ1) is 64.2. The molecule has 6 heterocycles. The Labute approximate surface area is 499 Å². The summed E-state index contributed by atoms with van der Waals surface area (Å²) < 4.78 is 37.6. The van der Waals surface area contributed by atoms with Crippen molar-refractivity contribution in [2.75, 3.05) is 23.8 Å². The minimum Gasteiger partial charge on any atom is -0.463 e. The second kappa shape index (κ2) is 26.4. The lowest BCUT2D eigenvalue weighted by atomic mass is 9.88. The zero-order chi connectivity index (χ0) is 63.3. The van der Waals surface area contributed by atoms with Crippen LogP contribution in [0.5, 0.6) is 0 Å². The molecule has 0 spiro atoms. The van der Waals surface area contributed by atoms with Gasteiger partial charge in [0.15, 0.2) is 23.8 Å². The average Bonchev–Trinajstić information content (AvgIpc) is 1.62. The fourth-order valence-electron chi connectivity index (χ4n) is 10.0. The zero-order valence-corrected chi connectivity index (χ0v) is 49.1. The van der Waals surface area contributed by atoms with Gasteiger partial charge in [-0.1, -0.05) is 96.1 Å². The fraction of sp³-hybridized carbons (Fsp3) is 0.467. The van der Waals surface area contributed by atoms with Gasteiger partial charge in [0.25, 0.3) is 5.91 Å². The van der Waals surface area contributed by atoms with Crippen LogP contribution in [0.4, 0.5) is 11.6 Å². The van der Waals surface area contributed by atoms with Crippen LogP contribution in [0, 0.1) is 46.3 Å². The molecule has 4 aromatic heterocycles. The molecule has 8 rings (SSSR count). The van der Waals surface area contributed by atoms with Crippen molar-refractivity contribution in [2.24, 2.45) is 35.1 Å². The minimum atomic E-state index is -2.30. The summed E-state index contributed by atoms with van der Waals surface area (Å²) in [6.45, 7) is 11.8. The highest BCUT2D eigenvalue weighted by Gasteiger charge is 2.62. The quantitative estimate of drug-likeness (QED) is 0.0357. The molecule has 2 fully saturated rings. The molecule has 6 aromatic rings. The van der Waals surface area contributed by atoms with E-state index >= 15 is 0 Å². The van der Waals surface area contributed by atoms with Crippen molar-refractivity contribution in [3.05, 3.63) is 120 Å². The highest BCUT2D eigenvalue weighted by molar-refractivity contribution is 5.98. The number of ether oxygens (including phenoxy) is 6. The Hall–Kier alpha value is -8.80. The van der Waals surface area contributed by atoms with Crippen molar-refractivity contribution in [3.8, 4) is 12.1 Å². The zero-order valence-electron chi connectivity index (χ0n) is 49.1. The van der Waals surface area contributed by atoms with E-state index in [1.807, 2.05) is 25.1 Å². The lowest BCUT2D eigenvalue weighted by Gasteiger charge is -2.25. The van der Waals surface area contributed by atoms with Gasteiger partial charge in [0.2, 0.25) is 17.1 Å². The second-order valence-corrected chi connectivity index (χ2v) is 23.0. The lowest BCUT2D eigenvalue weighted by Crippen LogP contribution is -2.46. The third-order valence-electron chi connectivity index (χ3n) is 15.5. The summed E-state index contributed by atoms with van der Waals surface area (Å²) in [4.78, 5) is 88.2. The standard InChI is InChI=1S/C60H70N12O15/c1-31(2)46(63)55(78)84-48-40(25-82-44(73)23-35-13-10-9-11-14-35)86-59(27-61,50(48)75)42-19-17-38-52(65-29-67-71(38)42)69-54(77)34(6)33(5)21-36-15-12-16-37(22-36)24-45(74)83-26-41-49(85-56(79)47(64)32(3)4)51(76)60(28-62,87-41)43-20-18-39-53(66-30-68-72(39)43)70-57(80)58(7,8)81/h9-20,22,29-34,40-41,46-51,75-76,81H,21,23-26,63-64H2,1-8H3,(H,65,67,69,77)(H,66,68,70,80)/t33?,34-,40+,41+,46-,47-,48+,49+,50+,51+,59-,60-/m0/s1. The average molecular weight is 1200 g/mol. The first-order chi connectivity index (χ1) is 41.2. The molecule has 2 amide bonds. The molecule has 0 bridgehead atoms. The Morgan fingerprint density at radius 2 is 1.11 bits per heavy atom. The van der Waals surface area contributed by atoms with Crippen molar-refractivity contribution in [2.45, 2.75) is 140 Å². The van der Waals surface area contributed by atoms with Gasteiger partial charge in [-0.25, -0.2) is 19.0 Å². The van der Waals surface area contributed by atoms with Gasteiger partial charge in [-0.2, -0.15) is 20.7 Å². The van der Waals surface area contributed by atoms with Gasteiger partial charge in [-0.15, -0.1) is 0 Å². The number of esters is 4. The topological polar surface area (TPSA) is 403 Å². The first-order valence-corrected chi connectivity index (χ1v) is 28.1. The van der Waals surface area contributed by atoms with Crippen molar-refractivity contribution >= 4 is 58.4 Å². The monoisotopic (exact) mass is 1200 g/mol. The number of anilines is 2. The van der Waals surface area contributed by atoms with E-state index in [2.05, 4.69) is 30.8 Å². The molecule has 2 saturated heterocycles. The number of benzene rings is 2. The lowest BCUT2D eigenvalue weighted by molar-refractivity contribution is -0.163. The molecular formula is C60H70N12O15. The largest absolute Gasteiger partial charge is 0.463 e. The van der Waals surface area contributed by atoms with Crippen LogP contribution < -0.4 is 22.1 Å². The van der Waals surface area contributed by atoms with Crippen LogP contribution in [-0.2, 0) is 87.7 Å². The number of amides is 2. The molecule has 27 nitrogen and oxygen atoms in total. The summed E-state index contributed by atoms with van der Waals surface area (Å²) in [5.41, 5.74) is 8.15. The fourth-order valence-corrected chi connectivity index (χ4v) is 10.0. The van der Waals surface area contributed by atoms with Crippen LogP contribution in [0.3, 0.4) is 0 Å². The SMILES string of the molecule is CC(Cc1cccc(CC(=O)OC[C@H]2O[C@@](C#N)(c3ccc4c(NC(=O)C(C)(C)O)ncnn34)[C@H](O)[C@@H]2OC(=O)[C@@H](N)C(C)C)c1)[C@H](C)C(=O)Nc1ncnn2c([C@]3(C#N)O[C@H](COC(=O)Cc4ccccc4)[C@@H](OC(=O)[C@@H](N)C(C)C)[C@H]3O)ccc12. The summed E-state index contributed by atoms with van der Waals surface area (Å²) in [5, 5.41) is 69.6. The van der Waals surface area contributed by atoms with Crippen LogP contribution in [-0.4, -0.2) is 148 Å². The molecular weight excluding hydrogens is 1130 g/mol. The summed E-state index contributed by atoms with van der Waals surface area (Å²) in [6, 6.07) is 23.4. The number of aliphatic hydroxyl groups is 3. The highest BCUT2D eigenvalue weighted by atomic mass is 16.6. The molecule has 2 aromatic carbocycles. The van der Waals surface area contributed by atoms with E-state index < -0.39 is 120 Å².